The van der Waals surface area contributed by atoms with Gasteiger partial charge in [0.05, 0.1) is 5.52 Å². The Balaban J connectivity index is 1.09. The molecule has 268 valence electrons. The lowest BCUT2D eigenvalue weighted by atomic mass is 9.92. The number of furan rings is 1. The fraction of sp³-hybridized carbons (Fsp3) is 0. The summed E-state index contributed by atoms with van der Waals surface area (Å²) in [4.78, 5) is 7.18. The van der Waals surface area contributed by atoms with Crippen LogP contribution in [0.2, 0.25) is 0 Å². The van der Waals surface area contributed by atoms with Crippen LogP contribution in [0.3, 0.4) is 0 Å². The lowest BCUT2D eigenvalue weighted by Gasteiger charge is -2.27. The summed E-state index contributed by atoms with van der Waals surface area (Å²) in [6, 6.07) is 73.2. The van der Waals surface area contributed by atoms with Gasteiger partial charge in [-0.15, -0.1) is 0 Å². The maximum absolute atomic E-state index is 6.57. The molecule has 0 aliphatic carbocycles. The number of benzene rings is 8. The van der Waals surface area contributed by atoms with Crippen LogP contribution in [0.25, 0.3) is 82.9 Å². The van der Waals surface area contributed by atoms with E-state index in [1.54, 1.807) is 0 Å². The molecule has 0 N–H and O–H groups in total. The van der Waals surface area contributed by atoms with Crippen LogP contribution < -0.4 is 4.90 Å². The van der Waals surface area contributed by atoms with E-state index < -0.39 is 0 Å². The molecule has 11 rings (SSSR count). The van der Waals surface area contributed by atoms with Crippen LogP contribution in [0.4, 0.5) is 17.1 Å². The number of aromatic nitrogens is 2. The first-order valence-electron chi connectivity index (χ1n) is 19.3. The van der Waals surface area contributed by atoms with E-state index in [2.05, 4.69) is 198 Å². The summed E-state index contributed by atoms with van der Waals surface area (Å²) >= 11 is 0. The average Bonchev–Trinajstić information content (AvgIpc) is 3.84. The van der Waals surface area contributed by atoms with Crippen molar-refractivity contribution in [3.8, 4) is 39.1 Å². The van der Waals surface area contributed by atoms with E-state index in [1.165, 1.54) is 16.5 Å². The first-order valence-corrected chi connectivity index (χ1v) is 19.3. The number of hydrogen-bond acceptors (Lipinski definition) is 3. The predicted molar refractivity (Wildman–Crippen MR) is 237 cm³/mol. The molecule has 4 nitrogen and oxygen atoms in total. The highest BCUT2D eigenvalue weighted by Crippen LogP contribution is 2.44. The van der Waals surface area contributed by atoms with Crippen molar-refractivity contribution in [3.63, 3.8) is 0 Å². The minimum Gasteiger partial charge on any atom is -0.455 e. The van der Waals surface area contributed by atoms with Crippen LogP contribution in [0.5, 0.6) is 0 Å². The van der Waals surface area contributed by atoms with Crippen molar-refractivity contribution in [1.82, 2.24) is 9.55 Å². The number of para-hydroxylation sites is 3. The van der Waals surface area contributed by atoms with Gasteiger partial charge in [-0.25, -0.2) is 4.98 Å². The first kappa shape index (κ1) is 32.7. The Hall–Kier alpha value is -7.69. The van der Waals surface area contributed by atoms with E-state index in [0.29, 0.717) is 0 Å². The molecule has 0 fully saturated rings. The number of fused-ring (bicyclic) bond motifs is 6. The molecule has 0 radical (unpaired) electrons. The Morgan fingerprint density at radius 1 is 0.404 bits per heavy atom. The normalized spacial score (nSPS) is 11.5. The summed E-state index contributed by atoms with van der Waals surface area (Å²) in [7, 11) is 0. The van der Waals surface area contributed by atoms with E-state index in [-0.39, 0.29) is 0 Å². The number of rotatable bonds is 7. The van der Waals surface area contributed by atoms with Gasteiger partial charge in [-0.1, -0.05) is 133 Å². The first-order chi connectivity index (χ1) is 28.3. The van der Waals surface area contributed by atoms with E-state index in [4.69, 9.17) is 9.40 Å². The molecule has 0 saturated heterocycles. The predicted octanol–water partition coefficient (Wildman–Crippen LogP) is 14.5. The molecule has 0 aliphatic rings. The van der Waals surface area contributed by atoms with Crippen molar-refractivity contribution in [2.45, 2.75) is 0 Å². The van der Waals surface area contributed by atoms with E-state index in [0.717, 1.165) is 83.5 Å². The largest absolute Gasteiger partial charge is 0.455 e. The molecule has 3 heterocycles. The van der Waals surface area contributed by atoms with Crippen LogP contribution >= 0.6 is 0 Å². The van der Waals surface area contributed by atoms with Crippen LogP contribution in [0, 0.1) is 0 Å². The highest BCUT2D eigenvalue weighted by Gasteiger charge is 2.20. The second kappa shape index (κ2) is 13.6. The molecule has 3 aromatic heterocycles. The zero-order chi connectivity index (χ0) is 37.7. The summed E-state index contributed by atoms with van der Waals surface area (Å²) in [5, 5.41) is 4.57. The van der Waals surface area contributed by atoms with Crippen molar-refractivity contribution in [2.24, 2.45) is 0 Å². The van der Waals surface area contributed by atoms with Crippen molar-refractivity contribution in [2.75, 3.05) is 4.90 Å². The fourth-order valence-corrected chi connectivity index (χ4v) is 8.41. The number of anilines is 3. The van der Waals surface area contributed by atoms with Crippen LogP contribution in [0.15, 0.2) is 217 Å². The molecule has 4 heteroatoms. The lowest BCUT2D eigenvalue weighted by molar-refractivity contribution is 0.670. The van der Waals surface area contributed by atoms with Crippen molar-refractivity contribution in [1.29, 1.82) is 0 Å². The zero-order valence-corrected chi connectivity index (χ0v) is 31.0. The zero-order valence-electron chi connectivity index (χ0n) is 31.0. The second-order valence-electron chi connectivity index (χ2n) is 14.4. The molecule has 57 heavy (non-hydrogen) atoms. The molecule has 0 atom stereocenters. The number of pyridine rings is 1. The minimum absolute atomic E-state index is 0.892. The number of hydrogen-bond donors (Lipinski definition) is 0. The van der Waals surface area contributed by atoms with Crippen molar-refractivity contribution in [3.05, 3.63) is 212 Å². The molecule has 0 aliphatic heterocycles. The van der Waals surface area contributed by atoms with Crippen LogP contribution in [0.1, 0.15) is 0 Å². The highest BCUT2D eigenvalue weighted by molar-refractivity contribution is 6.11. The summed E-state index contributed by atoms with van der Waals surface area (Å²) in [6.45, 7) is 0. The molecule has 0 unspecified atom stereocenters. The van der Waals surface area contributed by atoms with Crippen molar-refractivity contribution >= 4 is 60.9 Å². The topological polar surface area (TPSA) is 34.2 Å². The molecule has 11 aromatic rings. The van der Waals surface area contributed by atoms with Gasteiger partial charge in [-0.3, -0.25) is 4.57 Å². The molecule has 0 bridgehead atoms. The smallest absolute Gasteiger partial charge is 0.145 e. The van der Waals surface area contributed by atoms with Gasteiger partial charge in [0, 0.05) is 56.1 Å². The molecule has 0 amide bonds. The fourth-order valence-electron chi connectivity index (χ4n) is 8.41. The van der Waals surface area contributed by atoms with Gasteiger partial charge in [0.1, 0.15) is 16.8 Å². The molecular weight excluding hydrogens is 695 g/mol. The van der Waals surface area contributed by atoms with Crippen molar-refractivity contribution < 1.29 is 4.42 Å². The summed E-state index contributed by atoms with van der Waals surface area (Å²) in [5.74, 6) is 0. The van der Waals surface area contributed by atoms with E-state index >= 15 is 0 Å². The van der Waals surface area contributed by atoms with Gasteiger partial charge >= 0.3 is 0 Å². The Morgan fingerprint density at radius 2 is 1.02 bits per heavy atom. The Kier molecular flexibility index (Phi) is 7.78. The Bertz CT molecular complexity index is 3160. The van der Waals surface area contributed by atoms with Crippen LogP contribution in [-0.2, 0) is 0 Å². The Morgan fingerprint density at radius 3 is 1.81 bits per heavy atom. The minimum atomic E-state index is 0.892. The standard InChI is InChI=1S/C53H35N3O/c1-3-13-36(14-4-1)37-24-26-39(27-25-37)55(40-28-30-41(31-29-40)56-50-22-9-7-17-44(50)48-21-12-34-54-53(48)56)42-32-33-43(49(35-42)38-15-5-2-6-16-38)46-19-11-20-47-45-18-8-10-23-51(45)57-52(46)47/h1-35H. The molecule has 8 aromatic carbocycles. The lowest BCUT2D eigenvalue weighted by Crippen LogP contribution is -2.10. The maximum Gasteiger partial charge on any atom is 0.145 e. The van der Waals surface area contributed by atoms with Gasteiger partial charge in [-0.05, 0) is 101 Å². The van der Waals surface area contributed by atoms with Gasteiger partial charge in [0.15, 0.2) is 0 Å². The van der Waals surface area contributed by atoms with Gasteiger partial charge in [0.25, 0.3) is 0 Å². The SMILES string of the molecule is c1ccc(-c2ccc(N(c3ccc(-n4c5ccccc5c5cccnc54)cc3)c3ccc(-c4cccc5c4oc4ccccc45)c(-c4ccccc4)c3)cc2)cc1. The monoisotopic (exact) mass is 729 g/mol. The number of nitrogens with zero attached hydrogens (tertiary/aromatic N) is 3. The quantitative estimate of drug-likeness (QED) is 0.164. The summed E-state index contributed by atoms with van der Waals surface area (Å²) in [6.07, 6.45) is 1.87. The third-order valence-corrected chi connectivity index (χ3v) is 11.1. The third-order valence-electron chi connectivity index (χ3n) is 11.1. The molecule has 0 saturated carbocycles. The summed E-state index contributed by atoms with van der Waals surface area (Å²) < 4.78 is 8.83. The molecular formula is C53H35N3O. The molecule has 0 spiro atoms. The maximum atomic E-state index is 6.57. The Labute approximate surface area is 330 Å². The second-order valence-corrected chi connectivity index (χ2v) is 14.4. The third kappa shape index (κ3) is 5.58. The summed E-state index contributed by atoms with van der Waals surface area (Å²) in [5.41, 5.74) is 14.9. The van der Waals surface area contributed by atoms with Gasteiger partial charge in [-0.2, -0.15) is 0 Å². The van der Waals surface area contributed by atoms with Gasteiger partial charge in [0.2, 0.25) is 0 Å². The van der Waals surface area contributed by atoms with E-state index in [1.807, 2.05) is 24.4 Å². The van der Waals surface area contributed by atoms with E-state index in [9.17, 15) is 0 Å². The van der Waals surface area contributed by atoms with Gasteiger partial charge < -0.3 is 9.32 Å². The highest BCUT2D eigenvalue weighted by atomic mass is 16.3. The van der Waals surface area contributed by atoms with Crippen LogP contribution in [-0.4, -0.2) is 9.55 Å². The average molecular weight is 730 g/mol.